The fourth-order valence-electron chi connectivity index (χ4n) is 4.41. The summed E-state index contributed by atoms with van der Waals surface area (Å²) in [6, 6.07) is 1.71. The van der Waals surface area contributed by atoms with Crippen LogP contribution in [-0.4, -0.2) is 51.0 Å². The topological polar surface area (TPSA) is 93.9 Å². The Morgan fingerprint density at radius 3 is 2.77 bits per heavy atom. The highest BCUT2D eigenvalue weighted by Crippen LogP contribution is 2.32. The van der Waals surface area contributed by atoms with Gasteiger partial charge in [0.25, 0.3) is 0 Å². The van der Waals surface area contributed by atoms with Crippen LogP contribution in [0.25, 0.3) is 17.5 Å². The smallest absolute Gasteiger partial charge is 0.245 e. The molecule has 2 atom stereocenters. The number of rotatable bonds is 5. The molecule has 1 saturated heterocycles. The third-order valence-corrected chi connectivity index (χ3v) is 6.44. The number of aromatic amines is 2. The summed E-state index contributed by atoms with van der Waals surface area (Å²) in [4.78, 5) is 29.6. The van der Waals surface area contributed by atoms with Crippen molar-refractivity contribution in [3.8, 4) is 11.4 Å². The molecule has 2 aliphatic rings. The molecule has 4 rings (SSSR count). The Morgan fingerprint density at radius 2 is 2.10 bits per heavy atom. The largest absolute Gasteiger partial charge is 0.356 e. The quantitative estimate of drug-likeness (QED) is 0.688. The lowest BCUT2D eigenvalue weighted by Crippen LogP contribution is -2.47. The monoisotopic (exact) mass is 423 g/mol. The first-order valence-electron chi connectivity index (χ1n) is 11.1. The minimum atomic E-state index is -0.399. The first-order valence-corrected chi connectivity index (χ1v) is 11.1. The van der Waals surface area contributed by atoms with Crippen LogP contribution >= 0.6 is 0 Å². The maximum Gasteiger partial charge on any atom is 0.245 e. The van der Waals surface area contributed by atoms with E-state index in [0.29, 0.717) is 12.8 Å². The van der Waals surface area contributed by atoms with Crippen LogP contribution in [-0.2, 0) is 22.4 Å². The zero-order chi connectivity index (χ0) is 22.3. The third-order valence-electron chi connectivity index (χ3n) is 6.44. The molecule has 2 aromatic heterocycles. The molecule has 7 heteroatoms. The van der Waals surface area contributed by atoms with E-state index < -0.39 is 6.04 Å². The highest BCUT2D eigenvalue weighted by atomic mass is 16.2. The molecule has 166 valence electrons. The van der Waals surface area contributed by atoms with Crippen molar-refractivity contribution >= 4 is 17.9 Å². The van der Waals surface area contributed by atoms with Gasteiger partial charge in [0.1, 0.15) is 11.7 Å². The van der Waals surface area contributed by atoms with Crippen LogP contribution in [0.15, 0.2) is 12.1 Å². The Balaban J connectivity index is 1.50. The van der Waals surface area contributed by atoms with Crippen molar-refractivity contribution in [2.75, 3.05) is 7.05 Å². The van der Waals surface area contributed by atoms with Crippen LogP contribution in [0, 0.1) is 12.3 Å². The molecule has 0 aromatic carbocycles. The summed E-state index contributed by atoms with van der Waals surface area (Å²) in [5.74, 6) is -0.0677. The highest BCUT2D eigenvalue weighted by Gasteiger charge is 2.32. The van der Waals surface area contributed by atoms with Crippen molar-refractivity contribution in [1.82, 2.24) is 25.4 Å². The molecular weight excluding hydrogens is 390 g/mol. The van der Waals surface area contributed by atoms with E-state index in [4.69, 9.17) is 0 Å². The van der Waals surface area contributed by atoms with Crippen molar-refractivity contribution in [1.29, 1.82) is 0 Å². The van der Waals surface area contributed by atoms with E-state index in [1.165, 1.54) is 5.56 Å². The van der Waals surface area contributed by atoms with Crippen LogP contribution in [0.5, 0.6) is 0 Å². The summed E-state index contributed by atoms with van der Waals surface area (Å²) in [5, 5.41) is 10.5. The lowest BCUT2D eigenvalue weighted by molar-refractivity contribution is -0.134. The van der Waals surface area contributed by atoms with Gasteiger partial charge < -0.3 is 15.2 Å². The summed E-state index contributed by atoms with van der Waals surface area (Å²) in [6.07, 6.45) is 7.94. The molecule has 2 amide bonds. The molecule has 1 fully saturated rings. The van der Waals surface area contributed by atoms with Crippen LogP contribution in [0.2, 0.25) is 0 Å². The van der Waals surface area contributed by atoms with E-state index in [0.717, 1.165) is 47.6 Å². The maximum atomic E-state index is 12.8. The number of amides is 2. The highest BCUT2D eigenvalue weighted by molar-refractivity contribution is 5.91. The van der Waals surface area contributed by atoms with Crippen LogP contribution in [0.3, 0.4) is 0 Å². The van der Waals surface area contributed by atoms with Gasteiger partial charge in [-0.15, -0.1) is 0 Å². The third kappa shape index (κ3) is 4.45. The maximum absolute atomic E-state index is 12.8. The number of likely N-dealkylation sites (N-methyl/N-ethyl adjacent to an activating group) is 1. The second kappa shape index (κ2) is 8.02. The number of carbonyl (C=O) groups excluding carboxylic acids is 2. The first-order chi connectivity index (χ1) is 14.6. The zero-order valence-corrected chi connectivity index (χ0v) is 19.1. The summed E-state index contributed by atoms with van der Waals surface area (Å²) >= 11 is 0. The van der Waals surface area contributed by atoms with Gasteiger partial charge in [-0.3, -0.25) is 14.7 Å². The molecule has 0 saturated carbocycles. The molecule has 2 unspecified atom stereocenters. The fourth-order valence-corrected chi connectivity index (χ4v) is 4.41. The van der Waals surface area contributed by atoms with E-state index in [1.807, 2.05) is 7.05 Å². The number of hydrogen-bond acceptors (Lipinski definition) is 3. The molecule has 0 radical (unpaired) electrons. The molecule has 1 aliphatic heterocycles. The van der Waals surface area contributed by atoms with Gasteiger partial charge >= 0.3 is 0 Å². The van der Waals surface area contributed by atoms with Crippen LogP contribution < -0.4 is 5.32 Å². The minimum absolute atomic E-state index is 0.0249. The molecule has 1 aliphatic carbocycles. The molecule has 2 aromatic rings. The molecular formula is C24H33N5O2. The fraction of sp³-hybridized carbons (Fsp3) is 0.542. The standard InChI is InChI=1S/C24H33N5O2/c1-14-17(10-11-24(2,3)4)22(28-27-14)20-12-15-6-7-16(13-19(15)25-20)29(5)23(31)18-8-9-21(30)26-18/h6-7,12,16,18,25H,8-11,13H2,1-5H3,(H,26,30)(H,27,28). The second-order valence-electron chi connectivity index (χ2n) is 10.1. The Morgan fingerprint density at radius 1 is 1.32 bits per heavy atom. The molecule has 3 N–H and O–H groups in total. The minimum Gasteiger partial charge on any atom is -0.356 e. The molecule has 3 heterocycles. The van der Waals surface area contributed by atoms with Crippen molar-refractivity contribution in [3.05, 3.63) is 34.7 Å². The van der Waals surface area contributed by atoms with Gasteiger partial charge in [-0.25, -0.2) is 0 Å². The average molecular weight is 424 g/mol. The van der Waals surface area contributed by atoms with Gasteiger partial charge in [-0.2, -0.15) is 5.10 Å². The van der Waals surface area contributed by atoms with Gasteiger partial charge in [0.05, 0.1) is 11.7 Å². The number of fused-ring (bicyclic) bond motifs is 1. The van der Waals surface area contributed by atoms with Crippen molar-refractivity contribution < 1.29 is 9.59 Å². The van der Waals surface area contributed by atoms with E-state index >= 15 is 0 Å². The Kier molecular flexibility index (Phi) is 5.54. The molecule has 7 nitrogen and oxygen atoms in total. The van der Waals surface area contributed by atoms with Gasteiger partial charge in [-0.05, 0) is 43.2 Å². The first kappa shape index (κ1) is 21.4. The van der Waals surface area contributed by atoms with E-state index in [1.54, 1.807) is 4.90 Å². The van der Waals surface area contributed by atoms with Gasteiger partial charge in [0.2, 0.25) is 11.8 Å². The van der Waals surface area contributed by atoms with Gasteiger partial charge in [0, 0.05) is 36.8 Å². The number of aromatic nitrogens is 3. The summed E-state index contributed by atoms with van der Waals surface area (Å²) in [5.41, 5.74) is 6.90. The molecule has 0 spiro atoms. The molecule has 0 bridgehead atoms. The van der Waals surface area contributed by atoms with E-state index in [2.05, 4.69) is 66.4 Å². The Bertz CT molecular complexity index is 1020. The summed E-state index contributed by atoms with van der Waals surface area (Å²) in [7, 11) is 1.82. The molecule has 31 heavy (non-hydrogen) atoms. The number of nitrogens with one attached hydrogen (secondary N) is 3. The summed E-state index contributed by atoms with van der Waals surface area (Å²) in [6.45, 7) is 8.86. The van der Waals surface area contributed by atoms with Crippen molar-refractivity contribution in [2.45, 2.75) is 71.9 Å². The van der Waals surface area contributed by atoms with E-state index in [9.17, 15) is 9.59 Å². The van der Waals surface area contributed by atoms with Crippen LogP contribution in [0.4, 0.5) is 0 Å². The number of hydrogen-bond donors (Lipinski definition) is 3. The number of aryl methyl sites for hydroxylation is 1. The Labute approximate surface area is 183 Å². The van der Waals surface area contributed by atoms with Crippen LogP contribution in [0.1, 0.15) is 62.5 Å². The second-order valence-corrected chi connectivity index (χ2v) is 10.1. The number of carbonyl (C=O) groups is 2. The van der Waals surface area contributed by atoms with Gasteiger partial charge in [0.15, 0.2) is 0 Å². The van der Waals surface area contributed by atoms with Crippen molar-refractivity contribution in [2.24, 2.45) is 5.41 Å². The zero-order valence-electron chi connectivity index (χ0n) is 19.1. The lowest BCUT2D eigenvalue weighted by Gasteiger charge is -2.29. The summed E-state index contributed by atoms with van der Waals surface area (Å²) < 4.78 is 0. The Hall–Kier alpha value is -2.83. The normalized spacial score (nSPS) is 20.6. The lowest BCUT2D eigenvalue weighted by atomic mass is 9.88. The van der Waals surface area contributed by atoms with E-state index in [-0.39, 0.29) is 23.3 Å². The van der Waals surface area contributed by atoms with Gasteiger partial charge in [-0.1, -0.05) is 32.9 Å². The predicted octanol–water partition coefficient (Wildman–Crippen LogP) is 3.37. The average Bonchev–Trinajstić information content (AvgIpc) is 3.41. The predicted molar refractivity (Wildman–Crippen MR) is 121 cm³/mol. The van der Waals surface area contributed by atoms with Crippen molar-refractivity contribution in [3.63, 3.8) is 0 Å². The number of nitrogens with zero attached hydrogens (tertiary/aromatic N) is 2. The number of H-pyrrole nitrogens is 2. The SMILES string of the molecule is Cc1[nH]nc(-c2cc3c([nH]2)CC(N(C)C(=O)C2CCC(=O)N2)C=C3)c1CCC(C)(C)C.